The van der Waals surface area contributed by atoms with Crippen molar-refractivity contribution in [3.63, 3.8) is 0 Å². The number of aryl methyl sites for hydroxylation is 1. The van der Waals surface area contributed by atoms with Crippen molar-refractivity contribution in [1.82, 2.24) is 15.1 Å². The summed E-state index contributed by atoms with van der Waals surface area (Å²) in [5.41, 5.74) is 0.479. The van der Waals surface area contributed by atoms with Crippen LogP contribution in [0.4, 0.5) is 10.6 Å². The van der Waals surface area contributed by atoms with Gasteiger partial charge >= 0.3 is 6.09 Å². The highest BCUT2D eigenvalue weighted by Gasteiger charge is 2.43. The molecule has 1 saturated carbocycles. The van der Waals surface area contributed by atoms with E-state index in [-0.39, 0.29) is 6.09 Å². The van der Waals surface area contributed by atoms with Crippen LogP contribution in [-0.2, 0) is 4.74 Å². The molecule has 1 aromatic rings. The van der Waals surface area contributed by atoms with Crippen molar-refractivity contribution >= 4 is 23.5 Å². The van der Waals surface area contributed by atoms with Crippen LogP contribution in [0.5, 0.6) is 0 Å². The van der Waals surface area contributed by atoms with Gasteiger partial charge in [0.15, 0.2) is 5.15 Å². The number of nitrogens with zero attached hydrogens (tertiary/aromatic N) is 3. The number of halogens is 1. The van der Waals surface area contributed by atoms with Crippen molar-refractivity contribution in [1.29, 1.82) is 0 Å². The highest BCUT2D eigenvalue weighted by molar-refractivity contribution is 6.30. The van der Waals surface area contributed by atoms with Crippen molar-refractivity contribution in [3.8, 4) is 0 Å². The lowest BCUT2D eigenvalue weighted by atomic mass is 10.0. The molecule has 3 rings (SSSR count). The van der Waals surface area contributed by atoms with Crippen molar-refractivity contribution in [2.45, 2.75) is 52.2 Å². The molecule has 1 aliphatic carbocycles. The van der Waals surface area contributed by atoms with Crippen molar-refractivity contribution in [2.24, 2.45) is 11.8 Å². The summed E-state index contributed by atoms with van der Waals surface area (Å²) in [5, 5.41) is 11.9. The molecule has 0 aromatic carbocycles. The molecular weight excluding hydrogens is 328 g/mol. The van der Waals surface area contributed by atoms with E-state index in [2.05, 4.69) is 15.5 Å². The molecule has 3 atom stereocenters. The van der Waals surface area contributed by atoms with Gasteiger partial charge in [-0.2, -0.15) is 0 Å². The first-order chi connectivity index (χ1) is 11.2. The standard InChI is InChI=1S/C17H25ClN4O2/c1-10-5-14(20-21-15(10)18)19-13-6-11-8-22(9-12(11)7-13)16(23)24-17(2,3)4/h5,11-13H,6-9H2,1-4H3,(H,19,20)/t11-,12+,13?. The fourth-order valence-electron chi connectivity index (χ4n) is 3.64. The van der Waals surface area contributed by atoms with Crippen LogP contribution in [0.25, 0.3) is 0 Å². The number of amides is 1. The predicted octanol–water partition coefficient (Wildman–Crippen LogP) is 3.50. The Labute approximate surface area is 147 Å². The minimum absolute atomic E-state index is 0.194. The van der Waals surface area contributed by atoms with Crippen LogP contribution >= 0.6 is 11.6 Å². The third-order valence-corrected chi connectivity index (χ3v) is 5.05. The highest BCUT2D eigenvalue weighted by atomic mass is 35.5. The third kappa shape index (κ3) is 3.91. The van der Waals surface area contributed by atoms with Crippen LogP contribution in [0.15, 0.2) is 6.07 Å². The molecule has 1 saturated heterocycles. The van der Waals surface area contributed by atoms with Crippen LogP contribution in [0.2, 0.25) is 5.15 Å². The Hall–Kier alpha value is -1.56. The van der Waals surface area contributed by atoms with Gasteiger partial charge < -0.3 is 15.0 Å². The maximum Gasteiger partial charge on any atom is 0.410 e. The molecule has 0 radical (unpaired) electrons. The van der Waals surface area contributed by atoms with Crippen LogP contribution in [-0.4, -0.2) is 45.9 Å². The number of anilines is 1. The SMILES string of the molecule is Cc1cc(NC2C[C@@H]3CN(C(=O)OC(C)(C)C)C[C@@H]3C2)nnc1Cl. The average molecular weight is 353 g/mol. The number of ether oxygens (including phenoxy) is 1. The third-order valence-electron chi connectivity index (χ3n) is 4.68. The smallest absolute Gasteiger partial charge is 0.410 e. The molecular formula is C17H25ClN4O2. The van der Waals surface area contributed by atoms with E-state index in [1.165, 1.54) is 0 Å². The molecule has 2 heterocycles. The van der Waals surface area contributed by atoms with Crippen LogP contribution < -0.4 is 5.32 Å². The molecule has 1 amide bonds. The molecule has 1 N–H and O–H groups in total. The van der Waals surface area contributed by atoms with Gasteiger partial charge in [-0.25, -0.2) is 4.79 Å². The Kier molecular flexibility index (Phi) is 4.60. The van der Waals surface area contributed by atoms with E-state index in [1.807, 2.05) is 38.7 Å². The second kappa shape index (κ2) is 6.39. The van der Waals surface area contributed by atoms with Crippen molar-refractivity contribution in [3.05, 3.63) is 16.8 Å². The zero-order valence-corrected chi connectivity index (χ0v) is 15.4. The molecule has 0 spiro atoms. The molecule has 132 valence electrons. The number of hydrogen-bond donors (Lipinski definition) is 1. The lowest BCUT2D eigenvalue weighted by molar-refractivity contribution is 0.0280. The first-order valence-corrected chi connectivity index (χ1v) is 8.83. The van der Waals surface area contributed by atoms with Crippen LogP contribution in [0.3, 0.4) is 0 Å². The minimum atomic E-state index is -0.440. The summed E-state index contributed by atoms with van der Waals surface area (Å²) < 4.78 is 5.47. The summed E-state index contributed by atoms with van der Waals surface area (Å²) in [7, 11) is 0. The van der Waals surface area contributed by atoms with E-state index in [4.69, 9.17) is 16.3 Å². The number of hydrogen-bond acceptors (Lipinski definition) is 5. The van der Waals surface area contributed by atoms with E-state index in [0.29, 0.717) is 23.0 Å². The van der Waals surface area contributed by atoms with Gasteiger partial charge in [-0.3, -0.25) is 0 Å². The second-order valence-corrected chi connectivity index (χ2v) is 8.28. The maximum absolute atomic E-state index is 12.2. The predicted molar refractivity (Wildman–Crippen MR) is 93.2 cm³/mol. The van der Waals surface area contributed by atoms with E-state index in [9.17, 15) is 4.79 Å². The molecule has 1 unspecified atom stereocenters. The number of fused-ring (bicyclic) bond motifs is 1. The summed E-state index contributed by atoms with van der Waals surface area (Å²) in [6, 6.07) is 2.30. The molecule has 1 aliphatic heterocycles. The lowest BCUT2D eigenvalue weighted by Gasteiger charge is -2.25. The van der Waals surface area contributed by atoms with Gasteiger partial charge in [0.1, 0.15) is 11.4 Å². The fourth-order valence-corrected chi connectivity index (χ4v) is 3.74. The number of nitrogens with one attached hydrogen (secondary N) is 1. The molecule has 6 nitrogen and oxygen atoms in total. The number of carbonyl (C=O) groups is 1. The van der Waals surface area contributed by atoms with E-state index in [0.717, 1.165) is 37.3 Å². The van der Waals surface area contributed by atoms with Crippen molar-refractivity contribution < 1.29 is 9.53 Å². The van der Waals surface area contributed by atoms with E-state index >= 15 is 0 Å². The van der Waals surface area contributed by atoms with Gasteiger partial charge in [0, 0.05) is 19.1 Å². The zero-order valence-electron chi connectivity index (χ0n) is 14.7. The summed E-state index contributed by atoms with van der Waals surface area (Å²) >= 11 is 5.92. The largest absolute Gasteiger partial charge is 0.444 e. The number of rotatable bonds is 2. The minimum Gasteiger partial charge on any atom is -0.444 e. The Morgan fingerprint density at radius 3 is 2.46 bits per heavy atom. The Balaban J connectivity index is 1.53. The van der Waals surface area contributed by atoms with Gasteiger partial charge in [0.2, 0.25) is 0 Å². The topological polar surface area (TPSA) is 67.4 Å². The summed E-state index contributed by atoms with van der Waals surface area (Å²) in [5.74, 6) is 1.82. The number of likely N-dealkylation sites (tertiary alicyclic amines) is 1. The van der Waals surface area contributed by atoms with Gasteiger partial charge in [-0.15, -0.1) is 10.2 Å². The molecule has 7 heteroatoms. The lowest BCUT2D eigenvalue weighted by Crippen LogP contribution is -2.36. The quantitative estimate of drug-likeness (QED) is 0.882. The fraction of sp³-hybridized carbons (Fsp3) is 0.706. The molecule has 0 bridgehead atoms. The summed E-state index contributed by atoms with van der Waals surface area (Å²) in [6.07, 6.45) is 1.88. The van der Waals surface area contributed by atoms with Gasteiger partial charge in [-0.1, -0.05) is 11.6 Å². The monoisotopic (exact) mass is 352 g/mol. The number of aromatic nitrogens is 2. The molecule has 2 fully saturated rings. The zero-order chi connectivity index (χ0) is 17.5. The van der Waals surface area contributed by atoms with Gasteiger partial charge in [0.25, 0.3) is 0 Å². The molecule has 24 heavy (non-hydrogen) atoms. The Morgan fingerprint density at radius 2 is 1.92 bits per heavy atom. The van der Waals surface area contributed by atoms with Crippen molar-refractivity contribution in [2.75, 3.05) is 18.4 Å². The normalized spacial score (nSPS) is 26.4. The molecule has 2 aliphatic rings. The number of carbonyl (C=O) groups excluding carboxylic acids is 1. The van der Waals surface area contributed by atoms with E-state index in [1.54, 1.807) is 0 Å². The van der Waals surface area contributed by atoms with Gasteiger partial charge in [-0.05, 0) is 64.0 Å². The Morgan fingerprint density at radius 1 is 1.29 bits per heavy atom. The Bertz CT molecular complexity index is 618. The summed E-state index contributed by atoms with van der Waals surface area (Å²) in [4.78, 5) is 14.0. The van der Waals surface area contributed by atoms with Crippen LogP contribution in [0, 0.1) is 18.8 Å². The summed E-state index contributed by atoms with van der Waals surface area (Å²) in [6.45, 7) is 9.18. The first kappa shape index (κ1) is 17.3. The average Bonchev–Trinajstić information content (AvgIpc) is 2.99. The maximum atomic E-state index is 12.2. The first-order valence-electron chi connectivity index (χ1n) is 8.45. The molecule has 1 aromatic heterocycles. The van der Waals surface area contributed by atoms with E-state index < -0.39 is 5.60 Å². The van der Waals surface area contributed by atoms with Crippen LogP contribution in [0.1, 0.15) is 39.2 Å². The highest BCUT2D eigenvalue weighted by Crippen LogP contribution is 2.39. The second-order valence-electron chi connectivity index (χ2n) is 7.92. The van der Waals surface area contributed by atoms with Gasteiger partial charge in [0.05, 0.1) is 0 Å².